The lowest BCUT2D eigenvalue weighted by atomic mass is 10.2. The topological polar surface area (TPSA) is 49.3 Å². The quantitative estimate of drug-likeness (QED) is 0.767. The zero-order valence-corrected chi connectivity index (χ0v) is 11.6. The van der Waals surface area contributed by atoms with Gasteiger partial charge in [-0.25, -0.2) is 0 Å². The van der Waals surface area contributed by atoms with Crippen molar-refractivity contribution in [1.82, 2.24) is 5.32 Å². The van der Waals surface area contributed by atoms with E-state index >= 15 is 0 Å². The van der Waals surface area contributed by atoms with E-state index in [-0.39, 0.29) is 12.0 Å². The first-order chi connectivity index (χ1) is 8.04. The Kier molecular flexibility index (Phi) is 5.65. The van der Waals surface area contributed by atoms with Gasteiger partial charge < -0.3 is 10.4 Å². The maximum atomic E-state index is 11.8. The Balaban J connectivity index is 2.41. The predicted molar refractivity (Wildman–Crippen MR) is 71.7 cm³/mol. The van der Waals surface area contributed by atoms with Crippen LogP contribution in [0.4, 0.5) is 0 Å². The summed E-state index contributed by atoms with van der Waals surface area (Å²) < 4.78 is 0. The summed E-state index contributed by atoms with van der Waals surface area (Å²) in [7, 11) is 0. The number of rotatable bonds is 6. The predicted octanol–water partition coefficient (Wildman–Crippen LogP) is 2.51. The van der Waals surface area contributed by atoms with E-state index in [0.29, 0.717) is 6.54 Å². The summed E-state index contributed by atoms with van der Waals surface area (Å²) >= 11 is 1.57. The number of carbonyl (C=O) groups excluding carboxylic acids is 1. The van der Waals surface area contributed by atoms with Crippen LogP contribution in [-0.2, 0) is 6.42 Å². The van der Waals surface area contributed by atoms with Crippen molar-refractivity contribution in [1.29, 1.82) is 0 Å². The molecule has 0 bridgehead atoms. The van der Waals surface area contributed by atoms with E-state index in [1.54, 1.807) is 18.3 Å². The number of hydrogen-bond donors (Lipinski definition) is 2. The highest BCUT2D eigenvalue weighted by atomic mass is 32.1. The molecule has 2 N–H and O–H groups in total. The monoisotopic (exact) mass is 255 g/mol. The molecule has 0 aliphatic heterocycles. The summed E-state index contributed by atoms with van der Waals surface area (Å²) in [5.74, 6) is 0.00314. The van der Waals surface area contributed by atoms with Crippen LogP contribution in [0.3, 0.4) is 0 Å². The average Bonchev–Trinajstić information content (AvgIpc) is 2.65. The lowest BCUT2D eigenvalue weighted by molar-refractivity contribution is 0.0953. The molecule has 0 aliphatic rings. The molecular weight excluding hydrogens is 234 g/mol. The Morgan fingerprint density at radius 3 is 2.82 bits per heavy atom. The summed E-state index contributed by atoms with van der Waals surface area (Å²) in [5, 5.41) is 12.0. The lowest BCUT2D eigenvalue weighted by Crippen LogP contribution is -2.24. The fraction of sp³-hybridized carbons (Fsp3) is 0.615. The molecular formula is C13H21NO2S. The molecule has 4 heteroatoms. The van der Waals surface area contributed by atoms with Crippen molar-refractivity contribution in [3.8, 4) is 0 Å². The van der Waals surface area contributed by atoms with Crippen LogP contribution in [0.5, 0.6) is 0 Å². The fourth-order valence-corrected chi connectivity index (χ4v) is 2.70. The van der Waals surface area contributed by atoms with E-state index in [4.69, 9.17) is 5.11 Å². The molecule has 0 aliphatic carbocycles. The highest BCUT2D eigenvalue weighted by molar-refractivity contribution is 7.14. The number of aryl methyl sites for hydroxylation is 2. The van der Waals surface area contributed by atoms with Crippen molar-refractivity contribution in [2.75, 3.05) is 6.54 Å². The van der Waals surface area contributed by atoms with Crippen LogP contribution < -0.4 is 5.32 Å². The average molecular weight is 255 g/mol. The summed E-state index contributed by atoms with van der Waals surface area (Å²) in [5.41, 5.74) is 1.20. The van der Waals surface area contributed by atoms with Crippen LogP contribution >= 0.6 is 11.3 Å². The SMILES string of the molecule is CCc1sc(C(=O)NCCCC(C)O)cc1C. The first-order valence-corrected chi connectivity index (χ1v) is 6.91. The second kappa shape index (κ2) is 6.77. The molecule has 1 aromatic heterocycles. The number of thiophene rings is 1. The number of aliphatic hydroxyl groups is 1. The summed E-state index contributed by atoms with van der Waals surface area (Å²) in [6.07, 6.45) is 2.23. The molecule has 1 unspecified atom stereocenters. The molecule has 0 saturated heterocycles. The van der Waals surface area contributed by atoms with Gasteiger partial charge in [0.05, 0.1) is 11.0 Å². The minimum absolute atomic E-state index is 0.00314. The minimum atomic E-state index is -0.289. The van der Waals surface area contributed by atoms with Gasteiger partial charge in [0.15, 0.2) is 0 Å². The molecule has 1 atom stereocenters. The number of amides is 1. The van der Waals surface area contributed by atoms with Crippen molar-refractivity contribution >= 4 is 17.2 Å². The maximum absolute atomic E-state index is 11.8. The molecule has 1 rings (SSSR count). The van der Waals surface area contributed by atoms with Crippen molar-refractivity contribution in [3.05, 3.63) is 21.4 Å². The van der Waals surface area contributed by atoms with Gasteiger partial charge in [0.1, 0.15) is 0 Å². The molecule has 3 nitrogen and oxygen atoms in total. The van der Waals surface area contributed by atoms with E-state index in [1.807, 2.05) is 13.0 Å². The third-order valence-electron chi connectivity index (χ3n) is 2.65. The Morgan fingerprint density at radius 1 is 1.59 bits per heavy atom. The second-order valence-corrected chi connectivity index (χ2v) is 5.45. The van der Waals surface area contributed by atoms with Gasteiger partial charge in [0.25, 0.3) is 5.91 Å². The first kappa shape index (κ1) is 14.2. The van der Waals surface area contributed by atoms with Crippen molar-refractivity contribution < 1.29 is 9.90 Å². The third kappa shape index (κ3) is 4.48. The van der Waals surface area contributed by atoms with Gasteiger partial charge in [-0.3, -0.25) is 4.79 Å². The Morgan fingerprint density at radius 2 is 2.29 bits per heavy atom. The molecule has 0 saturated carbocycles. The van der Waals surface area contributed by atoms with E-state index in [0.717, 1.165) is 24.1 Å². The van der Waals surface area contributed by atoms with Crippen molar-refractivity contribution in [2.45, 2.75) is 46.1 Å². The third-order valence-corrected chi connectivity index (χ3v) is 4.03. The minimum Gasteiger partial charge on any atom is -0.393 e. The zero-order chi connectivity index (χ0) is 12.8. The van der Waals surface area contributed by atoms with Gasteiger partial charge in [-0.2, -0.15) is 0 Å². The molecule has 17 heavy (non-hydrogen) atoms. The summed E-state index contributed by atoms with van der Waals surface area (Å²) in [6.45, 7) is 6.53. The Hall–Kier alpha value is -0.870. The highest BCUT2D eigenvalue weighted by Crippen LogP contribution is 2.22. The number of aliphatic hydroxyl groups excluding tert-OH is 1. The molecule has 0 fully saturated rings. The standard InChI is InChI=1S/C13H21NO2S/c1-4-11-9(2)8-12(17-11)13(16)14-7-5-6-10(3)15/h8,10,15H,4-7H2,1-3H3,(H,14,16). The summed E-state index contributed by atoms with van der Waals surface area (Å²) in [6, 6.07) is 1.95. The van der Waals surface area contributed by atoms with Crippen LogP contribution in [0, 0.1) is 6.92 Å². The smallest absolute Gasteiger partial charge is 0.261 e. The molecule has 1 heterocycles. The molecule has 0 spiro atoms. The Labute approximate surface area is 107 Å². The normalized spacial score (nSPS) is 12.5. The van der Waals surface area contributed by atoms with Crippen LogP contribution in [-0.4, -0.2) is 23.7 Å². The van der Waals surface area contributed by atoms with Crippen molar-refractivity contribution in [2.24, 2.45) is 0 Å². The fourth-order valence-electron chi connectivity index (χ4n) is 1.67. The van der Waals surface area contributed by atoms with Crippen LogP contribution in [0.25, 0.3) is 0 Å². The lowest BCUT2D eigenvalue weighted by Gasteiger charge is -2.05. The van der Waals surface area contributed by atoms with Crippen molar-refractivity contribution in [3.63, 3.8) is 0 Å². The van der Waals surface area contributed by atoms with Crippen LogP contribution in [0.2, 0.25) is 0 Å². The first-order valence-electron chi connectivity index (χ1n) is 6.10. The van der Waals surface area contributed by atoms with Gasteiger partial charge in [-0.15, -0.1) is 11.3 Å². The highest BCUT2D eigenvalue weighted by Gasteiger charge is 2.10. The molecule has 0 aromatic carbocycles. The largest absolute Gasteiger partial charge is 0.393 e. The molecule has 0 radical (unpaired) electrons. The zero-order valence-electron chi connectivity index (χ0n) is 10.7. The van der Waals surface area contributed by atoms with Gasteiger partial charge in [0.2, 0.25) is 0 Å². The number of carbonyl (C=O) groups is 1. The van der Waals surface area contributed by atoms with Crippen LogP contribution in [0.15, 0.2) is 6.07 Å². The van der Waals surface area contributed by atoms with Gasteiger partial charge in [-0.1, -0.05) is 6.92 Å². The molecule has 1 aromatic rings. The second-order valence-electron chi connectivity index (χ2n) is 4.32. The molecule has 96 valence electrons. The van der Waals surface area contributed by atoms with Gasteiger partial charge >= 0.3 is 0 Å². The number of hydrogen-bond acceptors (Lipinski definition) is 3. The summed E-state index contributed by atoms with van der Waals surface area (Å²) in [4.78, 5) is 13.9. The molecule has 1 amide bonds. The van der Waals surface area contributed by atoms with E-state index < -0.39 is 0 Å². The Bertz CT molecular complexity index is 371. The van der Waals surface area contributed by atoms with E-state index in [1.165, 1.54) is 10.4 Å². The maximum Gasteiger partial charge on any atom is 0.261 e. The number of nitrogens with one attached hydrogen (secondary N) is 1. The van der Waals surface area contributed by atoms with Gasteiger partial charge in [-0.05, 0) is 44.7 Å². The van der Waals surface area contributed by atoms with Crippen LogP contribution in [0.1, 0.15) is 46.8 Å². The van der Waals surface area contributed by atoms with E-state index in [9.17, 15) is 4.79 Å². The van der Waals surface area contributed by atoms with Gasteiger partial charge in [0, 0.05) is 11.4 Å². The van der Waals surface area contributed by atoms with E-state index in [2.05, 4.69) is 12.2 Å².